The number of carbonyl (C=O) groups excluding carboxylic acids is 1. The summed E-state index contributed by atoms with van der Waals surface area (Å²) < 4.78 is 15.7. The van der Waals surface area contributed by atoms with Crippen LogP contribution in [0.3, 0.4) is 0 Å². The first-order valence-electron chi connectivity index (χ1n) is 6.38. The van der Waals surface area contributed by atoms with Gasteiger partial charge in [0.15, 0.2) is 0 Å². The van der Waals surface area contributed by atoms with Crippen molar-refractivity contribution in [3.8, 4) is 11.5 Å². The highest BCUT2D eigenvalue weighted by Gasteiger charge is 2.06. The van der Waals surface area contributed by atoms with Gasteiger partial charge in [0.2, 0.25) is 0 Å². The molecule has 4 nitrogen and oxygen atoms in total. The first kappa shape index (κ1) is 15.2. The van der Waals surface area contributed by atoms with Crippen molar-refractivity contribution >= 4 is 17.6 Å². The van der Waals surface area contributed by atoms with Gasteiger partial charge in [0.05, 0.1) is 12.7 Å². The van der Waals surface area contributed by atoms with Crippen molar-refractivity contribution in [3.05, 3.63) is 59.1 Å². The lowest BCUT2D eigenvalue weighted by Gasteiger charge is -2.09. The van der Waals surface area contributed by atoms with Crippen LogP contribution in [0.25, 0.3) is 0 Å². The lowest BCUT2D eigenvalue weighted by atomic mass is 10.2. The van der Waals surface area contributed by atoms with Gasteiger partial charge >= 0.3 is 5.97 Å². The van der Waals surface area contributed by atoms with Gasteiger partial charge in [-0.05, 0) is 42.5 Å². The molecule has 0 unspecified atom stereocenters. The van der Waals surface area contributed by atoms with Gasteiger partial charge < -0.3 is 14.2 Å². The molecule has 0 bridgehead atoms. The highest BCUT2D eigenvalue weighted by atomic mass is 35.5. The molecule has 0 radical (unpaired) electrons. The first-order chi connectivity index (χ1) is 10.2. The summed E-state index contributed by atoms with van der Waals surface area (Å²) in [6.07, 6.45) is 0. The summed E-state index contributed by atoms with van der Waals surface area (Å²) in [4.78, 5) is 11.4. The Morgan fingerprint density at radius 3 is 2.33 bits per heavy atom. The summed E-state index contributed by atoms with van der Waals surface area (Å²) in [5.41, 5.74) is 0.452. The van der Waals surface area contributed by atoms with Crippen LogP contribution in [-0.2, 0) is 4.74 Å². The maximum absolute atomic E-state index is 11.4. The molecule has 0 aliphatic carbocycles. The van der Waals surface area contributed by atoms with Crippen LogP contribution < -0.4 is 9.47 Å². The number of rotatable bonds is 6. The maximum Gasteiger partial charge on any atom is 0.337 e. The highest BCUT2D eigenvalue weighted by Crippen LogP contribution is 2.16. The van der Waals surface area contributed by atoms with Crippen molar-refractivity contribution in [3.63, 3.8) is 0 Å². The molecular weight excluding hydrogens is 292 g/mol. The van der Waals surface area contributed by atoms with E-state index in [0.717, 1.165) is 5.75 Å². The molecule has 21 heavy (non-hydrogen) atoms. The Hall–Kier alpha value is -2.20. The average molecular weight is 307 g/mol. The topological polar surface area (TPSA) is 44.8 Å². The fourth-order valence-corrected chi connectivity index (χ4v) is 1.81. The minimum atomic E-state index is -0.391. The van der Waals surface area contributed by atoms with Crippen LogP contribution >= 0.6 is 11.6 Å². The van der Waals surface area contributed by atoms with Crippen LogP contribution in [-0.4, -0.2) is 26.3 Å². The number of esters is 1. The van der Waals surface area contributed by atoms with Crippen molar-refractivity contribution in [2.45, 2.75) is 0 Å². The van der Waals surface area contributed by atoms with E-state index >= 15 is 0 Å². The van der Waals surface area contributed by atoms with Gasteiger partial charge in [-0.1, -0.05) is 17.7 Å². The van der Waals surface area contributed by atoms with E-state index in [4.69, 9.17) is 21.1 Å². The van der Waals surface area contributed by atoms with Gasteiger partial charge in [0.1, 0.15) is 24.7 Å². The van der Waals surface area contributed by atoms with E-state index in [2.05, 4.69) is 4.74 Å². The second-order valence-electron chi connectivity index (χ2n) is 4.17. The predicted molar refractivity (Wildman–Crippen MR) is 80.2 cm³/mol. The normalized spacial score (nSPS) is 10.0. The van der Waals surface area contributed by atoms with E-state index in [1.54, 1.807) is 48.5 Å². The van der Waals surface area contributed by atoms with Crippen molar-refractivity contribution in [2.75, 3.05) is 20.3 Å². The van der Waals surface area contributed by atoms with Crippen molar-refractivity contribution in [2.24, 2.45) is 0 Å². The van der Waals surface area contributed by atoms with Gasteiger partial charge in [-0.2, -0.15) is 0 Å². The molecule has 0 heterocycles. The van der Waals surface area contributed by atoms with Crippen LogP contribution in [0.15, 0.2) is 48.5 Å². The Labute approximate surface area is 128 Å². The molecule has 2 aromatic rings. The molecule has 5 heteroatoms. The van der Waals surface area contributed by atoms with E-state index in [1.165, 1.54) is 7.11 Å². The summed E-state index contributed by atoms with van der Waals surface area (Å²) in [5.74, 6) is 0.932. The number of halogens is 1. The molecule has 0 saturated heterocycles. The van der Waals surface area contributed by atoms with E-state index in [9.17, 15) is 4.79 Å². The molecule has 0 saturated carbocycles. The minimum absolute atomic E-state index is 0.368. The lowest BCUT2D eigenvalue weighted by molar-refractivity contribution is 0.0600. The van der Waals surface area contributed by atoms with Gasteiger partial charge in [-0.15, -0.1) is 0 Å². The third-order valence-electron chi connectivity index (χ3n) is 2.69. The van der Waals surface area contributed by atoms with Crippen LogP contribution in [0.2, 0.25) is 5.02 Å². The van der Waals surface area contributed by atoms with Crippen LogP contribution in [0.4, 0.5) is 0 Å². The summed E-state index contributed by atoms with van der Waals surface area (Å²) in [6, 6.07) is 13.9. The molecule has 0 N–H and O–H groups in total. The quantitative estimate of drug-likeness (QED) is 0.604. The average Bonchev–Trinajstić information content (AvgIpc) is 2.53. The van der Waals surface area contributed by atoms with E-state index in [-0.39, 0.29) is 0 Å². The molecular formula is C16H15ClO4. The zero-order valence-corrected chi connectivity index (χ0v) is 12.3. The standard InChI is InChI=1S/C16H15ClO4/c1-19-16(18)12-3-2-4-15(11-12)21-10-9-20-14-7-5-13(17)6-8-14/h2-8,11H,9-10H2,1H3. The Kier molecular flexibility index (Phi) is 5.46. The Morgan fingerprint density at radius 2 is 1.67 bits per heavy atom. The smallest absolute Gasteiger partial charge is 0.337 e. The molecule has 2 rings (SSSR count). The fourth-order valence-electron chi connectivity index (χ4n) is 1.68. The molecule has 110 valence electrons. The predicted octanol–water partition coefficient (Wildman–Crippen LogP) is 3.58. The molecule has 0 aliphatic rings. The minimum Gasteiger partial charge on any atom is -0.490 e. The number of methoxy groups -OCH3 is 1. The van der Waals surface area contributed by atoms with Crippen molar-refractivity contribution in [1.82, 2.24) is 0 Å². The molecule has 0 fully saturated rings. The summed E-state index contributed by atoms with van der Waals surface area (Å²) >= 11 is 5.79. The third kappa shape index (κ3) is 4.68. The maximum atomic E-state index is 11.4. The van der Waals surface area contributed by atoms with Crippen molar-refractivity contribution in [1.29, 1.82) is 0 Å². The third-order valence-corrected chi connectivity index (χ3v) is 2.94. The SMILES string of the molecule is COC(=O)c1cccc(OCCOc2ccc(Cl)cc2)c1. The molecule has 2 aromatic carbocycles. The van der Waals surface area contributed by atoms with Crippen LogP contribution in [0.5, 0.6) is 11.5 Å². The zero-order valence-electron chi connectivity index (χ0n) is 11.5. The second-order valence-corrected chi connectivity index (χ2v) is 4.61. The van der Waals surface area contributed by atoms with E-state index < -0.39 is 5.97 Å². The molecule has 0 aromatic heterocycles. The van der Waals surface area contributed by atoms with Crippen LogP contribution in [0.1, 0.15) is 10.4 Å². The Bertz CT molecular complexity index is 595. The van der Waals surface area contributed by atoms with Gasteiger partial charge in [-0.25, -0.2) is 4.79 Å². The summed E-state index contributed by atoms with van der Waals surface area (Å²) in [6.45, 7) is 0.761. The number of carbonyl (C=O) groups is 1. The molecule has 0 aliphatic heterocycles. The number of hydrogen-bond donors (Lipinski definition) is 0. The highest BCUT2D eigenvalue weighted by molar-refractivity contribution is 6.30. The molecule has 0 amide bonds. The second kappa shape index (κ2) is 7.55. The Balaban J connectivity index is 1.80. The van der Waals surface area contributed by atoms with Crippen molar-refractivity contribution < 1.29 is 19.0 Å². The first-order valence-corrected chi connectivity index (χ1v) is 6.76. The summed E-state index contributed by atoms with van der Waals surface area (Å²) in [7, 11) is 1.34. The monoisotopic (exact) mass is 306 g/mol. The number of ether oxygens (including phenoxy) is 3. The largest absolute Gasteiger partial charge is 0.490 e. The molecule has 0 atom stereocenters. The van der Waals surface area contributed by atoms with Gasteiger partial charge in [0, 0.05) is 5.02 Å². The molecule has 0 spiro atoms. The summed E-state index contributed by atoms with van der Waals surface area (Å²) in [5, 5.41) is 0.665. The zero-order chi connectivity index (χ0) is 15.1. The van der Waals surface area contributed by atoms with E-state index in [0.29, 0.717) is 29.5 Å². The lowest BCUT2D eigenvalue weighted by Crippen LogP contribution is -2.09. The number of hydrogen-bond acceptors (Lipinski definition) is 4. The van der Waals surface area contributed by atoms with Gasteiger partial charge in [-0.3, -0.25) is 0 Å². The van der Waals surface area contributed by atoms with Crippen LogP contribution in [0, 0.1) is 0 Å². The van der Waals surface area contributed by atoms with Gasteiger partial charge in [0.25, 0.3) is 0 Å². The fraction of sp³-hybridized carbons (Fsp3) is 0.188. The Morgan fingerprint density at radius 1 is 1.00 bits per heavy atom. The van der Waals surface area contributed by atoms with E-state index in [1.807, 2.05) is 0 Å². The number of benzene rings is 2.